The molecule has 0 spiro atoms. The number of hydrogen-bond acceptors (Lipinski definition) is 4. The standard InChI is InChI=1S/C12H8O2.2CH4O/c13-11-8-4-7-10(12(11)14)9-5-2-1-3-6-9;2*1-2/h1-8H;2*2H,1H3. The molecule has 1 aliphatic carbocycles. The van der Waals surface area contributed by atoms with Crippen LogP contribution in [0.15, 0.2) is 48.6 Å². The van der Waals surface area contributed by atoms with Crippen molar-refractivity contribution in [1.82, 2.24) is 0 Å². The summed E-state index contributed by atoms with van der Waals surface area (Å²) >= 11 is 0. The smallest absolute Gasteiger partial charge is 0.233 e. The van der Waals surface area contributed by atoms with Gasteiger partial charge >= 0.3 is 0 Å². The second-order valence-corrected chi connectivity index (χ2v) is 3.00. The molecule has 0 fully saturated rings. The summed E-state index contributed by atoms with van der Waals surface area (Å²) in [5.41, 5.74) is 1.26. The molecule has 0 unspecified atom stereocenters. The summed E-state index contributed by atoms with van der Waals surface area (Å²) in [7, 11) is 2.00. The fraction of sp³-hybridized carbons (Fsp3) is 0.143. The number of aliphatic hydroxyl groups is 2. The zero-order valence-corrected chi connectivity index (χ0v) is 10.3. The highest BCUT2D eigenvalue weighted by Gasteiger charge is 2.19. The molecule has 0 heterocycles. The average molecular weight is 248 g/mol. The van der Waals surface area contributed by atoms with Crippen LogP contribution < -0.4 is 0 Å². The summed E-state index contributed by atoms with van der Waals surface area (Å²) < 4.78 is 0. The topological polar surface area (TPSA) is 74.6 Å². The first-order chi connectivity index (χ1) is 8.79. The molecule has 0 bridgehead atoms. The van der Waals surface area contributed by atoms with Crippen LogP contribution in [0.4, 0.5) is 0 Å². The van der Waals surface area contributed by atoms with Crippen LogP contribution in [0.2, 0.25) is 0 Å². The van der Waals surface area contributed by atoms with Gasteiger partial charge in [0.15, 0.2) is 0 Å². The Hall–Kier alpha value is -2.04. The molecule has 1 aromatic rings. The molecular formula is C14H16O4. The molecule has 0 radical (unpaired) electrons. The molecule has 0 aromatic heterocycles. The maximum absolute atomic E-state index is 11.5. The Labute approximate surface area is 106 Å². The van der Waals surface area contributed by atoms with E-state index in [9.17, 15) is 9.59 Å². The number of Topliss-reactive ketones (excluding diaryl/α,β-unsaturated/α-hetero) is 1. The lowest BCUT2D eigenvalue weighted by atomic mass is 9.95. The van der Waals surface area contributed by atoms with E-state index in [0.717, 1.165) is 19.8 Å². The van der Waals surface area contributed by atoms with Crippen LogP contribution in [0, 0.1) is 0 Å². The fourth-order valence-electron chi connectivity index (χ4n) is 1.36. The minimum Gasteiger partial charge on any atom is -0.400 e. The van der Waals surface area contributed by atoms with Crippen LogP contribution in [0.25, 0.3) is 5.57 Å². The lowest BCUT2D eigenvalue weighted by Gasteiger charge is -2.06. The van der Waals surface area contributed by atoms with Crippen LogP contribution >= 0.6 is 0 Å². The Bertz CT molecular complexity index is 444. The predicted molar refractivity (Wildman–Crippen MR) is 69.9 cm³/mol. The van der Waals surface area contributed by atoms with Crippen molar-refractivity contribution >= 4 is 17.1 Å². The second kappa shape index (κ2) is 9.04. The van der Waals surface area contributed by atoms with E-state index in [1.165, 1.54) is 6.08 Å². The number of allylic oxidation sites excluding steroid dienone is 4. The molecule has 2 N–H and O–H groups in total. The molecule has 18 heavy (non-hydrogen) atoms. The van der Waals surface area contributed by atoms with Crippen LogP contribution in [0.1, 0.15) is 5.56 Å². The zero-order chi connectivity index (χ0) is 14.0. The minimum atomic E-state index is -0.452. The van der Waals surface area contributed by atoms with Crippen LogP contribution in [0.3, 0.4) is 0 Å². The van der Waals surface area contributed by atoms with E-state index in [1.807, 2.05) is 30.3 Å². The molecule has 1 aliphatic rings. The van der Waals surface area contributed by atoms with Crippen molar-refractivity contribution in [2.75, 3.05) is 14.2 Å². The monoisotopic (exact) mass is 248 g/mol. The molecule has 96 valence electrons. The summed E-state index contributed by atoms with van der Waals surface area (Å²) in [5.74, 6) is -0.884. The number of ketones is 2. The first-order valence-electron chi connectivity index (χ1n) is 5.21. The van der Waals surface area contributed by atoms with Crippen LogP contribution in [0.5, 0.6) is 0 Å². The maximum atomic E-state index is 11.5. The maximum Gasteiger partial charge on any atom is 0.233 e. The van der Waals surface area contributed by atoms with Gasteiger partial charge in [-0.05, 0) is 11.6 Å². The summed E-state index contributed by atoms with van der Waals surface area (Å²) in [6, 6.07) is 9.18. The van der Waals surface area contributed by atoms with Gasteiger partial charge in [0.2, 0.25) is 11.6 Å². The Kier molecular flexibility index (Phi) is 8.01. The first-order valence-corrected chi connectivity index (χ1v) is 5.21. The van der Waals surface area contributed by atoms with Gasteiger partial charge in [-0.25, -0.2) is 0 Å². The normalized spacial score (nSPS) is 12.8. The highest BCUT2D eigenvalue weighted by atomic mass is 16.2. The van der Waals surface area contributed by atoms with E-state index >= 15 is 0 Å². The van der Waals surface area contributed by atoms with E-state index in [0.29, 0.717) is 5.57 Å². The van der Waals surface area contributed by atoms with E-state index in [1.54, 1.807) is 12.2 Å². The summed E-state index contributed by atoms with van der Waals surface area (Å²) in [4.78, 5) is 22.6. The molecule has 0 saturated heterocycles. The largest absolute Gasteiger partial charge is 0.400 e. The fourth-order valence-corrected chi connectivity index (χ4v) is 1.36. The molecule has 0 amide bonds. The van der Waals surface area contributed by atoms with E-state index in [2.05, 4.69) is 0 Å². The van der Waals surface area contributed by atoms with Gasteiger partial charge in [0.1, 0.15) is 0 Å². The van der Waals surface area contributed by atoms with Crippen molar-refractivity contribution in [3.05, 3.63) is 54.1 Å². The molecule has 0 aliphatic heterocycles. The quantitative estimate of drug-likeness (QED) is 0.574. The lowest BCUT2D eigenvalue weighted by Crippen LogP contribution is -2.15. The van der Waals surface area contributed by atoms with Gasteiger partial charge in [-0.1, -0.05) is 42.5 Å². The number of carbonyl (C=O) groups is 2. The third kappa shape index (κ3) is 4.08. The predicted octanol–water partition coefficient (Wildman–Crippen LogP) is 0.995. The molecule has 4 heteroatoms. The average Bonchev–Trinajstić information content (AvgIpc) is 2.47. The van der Waals surface area contributed by atoms with Gasteiger partial charge in [-0.15, -0.1) is 0 Å². The number of benzene rings is 1. The molecule has 2 rings (SSSR count). The third-order valence-corrected chi connectivity index (χ3v) is 2.06. The summed E-state index contributed by atoms with van der Waals surface area (Å²) in [6.45, 7) is 0. The number of carbonyl (C=O) groups excluding carboxylic acids is 2. The number of hydrogen-bond donors (Lipinski definition) is 2. The van der Waals surface area contributed by atoms with Gasteiger partial charge in [0.25, 0.3) is 0 Å². The molecule has 4 nitrogen and oxygen atoms in total. The molecule has 1 aromatic carbocycles. The van der Waals surface area contributed by atoms with E-state index in [4.69, 9.17) is 10.2 Å². The Balaban J connectivity index is 0.000000659. The highest BCUT2D eigenvalue weighted by Crippen LogP contribution is 2.18. The van der Waals surface area contributed by atoms with Crippen molar-refractivity contribution in [3.63, 3.8) is 0 Å². The Morgan fingerprint density at radius 2 is 1.44 bits per heavy atom. The molecule has 0 saturated carbocycles. The van der Waals surface area contributed by atoms with E-state index in [-0.39, 0.29) is 0 Å². The highest BCUT2D eigenvalue weighted by molar-refractivity contribution is 6.57. The first kappa shape index (κ1) is 16.0. The van der Waals surface area contributed by atoms with Crippen molar-refractivity contribution in [2.45, 2.75) is 0 Å². The van der Waals surface area contributed by atoms with Gasteiger partial charge in [-0.3, -0.25) is 9.59 Å². The Morgan fingerprint density at radius 1 is 0.889 bits per heavy atom. The molecule has 0 atom stereocenters. The van der Waals surface area contributed by atoms with Crippen molar-refractivity contribution < 1.29 is 19.8 Å². The van der Waals surface area contributed by atoms with Gasteiger partial charge in [-0.2, -0.15) is 0 Å². The minimum absolute atomic E-state index is 0.432. The van der Waals surface area contributed by atoms with Crippen LogP contribution in [-0.2, 0) is 9.59 Å². The van der Waals surface area contributed by atoms with E-state index < -0.39 is 11.6 Å². The number of rotatable bonds is 1. The SMILES string of the molecule is CO.CO.O=C1C=CC=C(c2ccccc2)C1=O. The number of aliphatic hydroxyl groups excluding tert-OH is 2. The van der Waals surface area contributed by atoms with Crippen LogP contribution in [-0.4, -0.2) is 36.0 Å². The third-order valence-electron chi connectivity index (χ3n) is 2.06. The van der Waals surface area contributed by atoms with Gasteiger partial charge in [0.05, 0.1) is 0 Å². The van der Waals surface area contributed by atoms with Crippen molar-refractivity contribution in [1.29, 1.82) is 0 Å². The molecular weight excluding hydrogens is 232 g/mol. The van der Waals surface area contributed by atoms with Crippen molar-refractivity contribution in [3.8, 4) is 0 Å². The summed E-state index contributed by atoms with van der Waals surface area (Å²) in [5, 5.41) is 14.0. The van der Waals surface area contributed by atoms with Gasteiger partial charge in [0, 0.05) is 19.8 Å². The van der Waals surface area contributed by atoms with Crippen molar-refractivity contribution in [2.24, 2.45) is 0 Å². The Morgan fingerprint density at radius 3 is 2.00 bits per heavy atom. The van der Waals surface area contributed by atoms with Gasteiger partial charge < -0.3 is 10.2 Å². The summed E-state index contributed by atoms with van der Waals surface area (Å²) in [6.07, 6.45) is 4.56. The second-order valence-electron chi connectivity index (χ2n) is 3.00. The zero-order valence-electron chi connectivity index (χ0n) is 10.3. The lowest BCUT2D eigenvalue weighted by molar-refractivity contribution is -0.130.